The van der Waals surface area contributed by atoms with Crippen LogP contribution in [0.1, 0.15) is 22.3 Å². The number of benzene rings is 1. The Bertz CT molecular complexity index is 367. The molecule has 0 aliphatic carbocycles. The molecule has 0 atom stereocenters. The molecule has 0 amide bonds. The first-order valence-electron chi connectivity index (χ1n) is 4.88. The van der Waals surface area contributed by atoms with Gasteiger partial charge in [-0.3, -0.25) is 0 Å². The maximum Gasteiger partial charge on any atom is 0.116 e. The summed E-state index contributed by atoms with van der Waals surface area (Å²) in [5.41, 5.74) is 5.21. The molecular formula is C12H15ClO. The zero-order valence-electron chi connectivity index (χ0n) is 8.86. The molecule has 1 saturated heterocycles. The lowest BCUT2D eigenvalue weighted by Gasteiger charge is -2.37. The van der Waals surface area contributed by atoms with Crippen molar-refractivity contribution in [3.05, 3.63) is 34.4 Å². The van der Waals surface area contributed by atoms with Gasteiger partial charge in [-0.2, -0.15) is 0 Å². The Morgan fingerprint density at radius 3 is 2.29 bits per heavy atom. The summed E-state index contributed by atoms with van der Waals surface area (Å²) in [6, 6.07) is 4.27. The minimum Gasteiger partial charge on any atom is -0.377 e. The molecule has 1 aromatic carbocycles. The number of hydrogen-bond acceptors (Lipinski definition) is 1. The SMILES string of the molecule is Cc1ccc(C2(Cl)COC2)c(C)c1C. The van der Waals surface area contributed by atoms with Gasteiger partial charge in [0.05, 0.1) is 13.2 Å². The Kier molecular flexibility index (Phi) is 2.32. The quantitative estimate of drug-likeness (QED) is 0.648. The average Bonchev–Trinajstić information content (AvgIpc) is 2.11. The monoisotopic (exact) mass is 210 g/mol. The van der Waals surface area contributed by atoms with Gasteiger partial charge in [-0.05, 0) is 43.0 Å². The first-order chi connectivity index (χ1) is 6.54. The van der Waals surface area contributed by atoms with Gasteiger partial charge in [0.15, 0.2) is 0 Å². The summed E-state index contributed by atoms with van der Waals surface area (Å²) in [4.78, 5) is -0.261. The third kappa shape index (κ3) is 1.35. The van der Waals surface area contributed by atoms with Gasteiger partial charge in [0, 0.05) is 0 Å². The minimum absolute atomic E-state index is 0.261. The Morgan fingerprint density at radius 1 is 1.14 bits per heavy atom. The summed E-state index contributed by atoms with van der Waals surface area (Å²) >= 11 is 6.44. The van der Waals surface area contributed by atoms with Crippen LogP contribution in [0.4, 0.5) is 0 Å². The molecule has 14 heavy (non-hydrogen) atoms. The van der Waals surface area contributed by atoms with Crippen molar-refractivity contribution in [2.45, 2.75) is 25.6 Å². The van der Waals surface area contributed by atoms with E-state index in [1.165, 1.54) is 22.3 Å². The molecule has 0 radical (unpaired) electrons. The van der Waals surface area contributed by atoms with Crippen LogP contribution in [0.5, 0.6) is 0 Å². The summed E-state index contributed by atoms with van der Waals surface area (Å²) in [5.74, 6) is 0. The Hall–Kier alpha value is -0.530. The second-order valence-corrected chi connectivity index (χ2v) is 4.86. The molecule has 0 unspecified atom stereocenters. The van der Waals surface area contributed by atoms with Gasteiger partial charge in [0.2, 0.25) is 0 Å². The molecule has 0 spiro atoms. The Labute approximate surface area is 90.0 Å². The lowest BCUT2D eigenvalue weighted by molar-refractivity contribution is -0.0155. The summed E-state index contributed by atoms with van der Waals surface area (Å²) in [6.45, 7) is 7.69. The van der Waals surface area contributed by atoms with E-state index in [0.717, 1.165) is 0 Å². The van der Waals surface area contributed by atoms with E-state index in [-0.39, 0.29) is 4.87 Å². The van der Waals surface area contributed by atoms with Crippen molar-refractivity contribution >= 4 is 11.6 Å². The second kappa shape index (κ2) is 3.25. The van der Waals surface area contributed by atoms with Gasteiger partial charge in [-0.25, -0.2) is 0 Å². The number of halogens is 1. The lowest BCUT2D eigenvalue weighted by Crippen LogP contribution is -2.42. The molecule has 1 heterocycles. The van der Waals surface area contributed by atoms with Gasteiger partial charge < -0.3 is 4.74 Å². The zero-order valence-corrected chi connectivity index (χ0v) is 9.61. The topological polar surface area (TPSA) is 9.23 Å². The van der Waals surface area contributed by atoms with E-state index in [1.54, 1.807) is 0 Å². The third-order valence-electron chi connectivity index (χ3n) is 3.20. The van der Waals surface area contributed by atoms with Gasteiger partial charge >= 0.3 is 0 Å². The number of hydrogen-bond donors (Lipinski definition) is 0. The summed E-state index contributed by atoms with van der Waals surface area (Å²) in [6.07, 6.45) is 0. The summed E-state index contributed by atoms with van der Waals surface area (Å²) in [7, 11) is 0. The molecule has 1 fully saturated rings. The van der Waals surface area contributed by atoms with Crippen LogP contribution in [-0.2, 0) is 9.61 Å². The van der Waals surface area contributed by atoms with Gasteiger partial charge in [0.1, 0.15) is 4.87 Å². The van der Waals surface area contributed by atoms with Crippen LogP contribution >= 0.6 is 11.6 Å². The van der Waals surface area contributed by atoms with Crippen molar-refractivity contribution in [2.75, 3.05) is 13.2 Å². The standard InChI is InChI=1S/C12H15ClO/c1-8-4-5-11(10(3)9(8)2)12(13)6-14-7-12/h4-5H,6-7H2,1-3H3. The molecule has 1 aliphatic heterocycles. The molecule has 0 aromatic heterocycles. The van der Waals surface area contributed by atoms with E-state index in [4.69, 9.17) is 16.3 Å². The molecule has 0 bridgehead atoms. The fraction of sp³-hybridized carbons (Fsp3) is 0.500. The predicted molar refractivity (Wildman–Crippen MR) is 59.0 cm³/mol. The molecule has 0 N–H and O–H groups in total. The van der Waals surface area contributed by atoms with Gasteiger partial charge in [0.25, 0.3) is 0 Å². The first-order valence-corrected chi connectivity index (χ1v) is 5.26. The molecule has 0 saturated carbocycles. The molecule has 1 aliphatic rings. The highest BCUT2D eigenvalue weighted by Crippen LogP contribution is 2.39. The summed E-state index contributed by atoms with van der Waals surface area (Å²) < 4.78 is 5.19. The summed E-state index contributed by atoms with van der Waals surface area (Å²) in [5, 5.41) is 0. The lowest BCUT2D eigenvalue weighted by atomic mass is 9.88. The Balaban J connectivity index is 2.49. The fourth-order valence-electron chi connectivity index (χ4n) is 1.88. The van der Waals surface area contributed by atoms with Crippen LogP contribution in [0.3, 0.4) is 0 Å². The largest absolute Gasteiger partial charge is 0.377 e. The van der Waals surface area contributed by atoms with Crippen LogP contribution in [-0.4, -0.2) is 13.2 Å². The van der Waals surface area contributed by atoms with E-state index >= 15 is 0 Å². The van der Waals surface area contributed by atoms with Gasteiger partial charge in [-0.15, -0.1) is 11.6 Å². The van der Waals surface area contributed by atoms with Crippen molar-refractivity contribution < 1.29 is 4.74 Å². The van der Waals surface area contributed by atoms with E-state index < -0.39 is 0 Å². The normalized spacial score (nSPS) is 19.1. The maximum atomic E-state index is 6.44. The molecule has 1 nitrogen and oxygen atoms in total. The molecule has 1 aromatic rings. The van der Waals surface area contributed by atoms with E-state index in [1.807, 2.05) is 0 Å². The van der Waals surface area contributed by atoms with Crippen LogP contribution < -0.4 is 0 Å². The van der Waals surface area contributed by atoms with E-state index in [0.29, 0.717) is 13.2 Å². The van der Waals surface area contributed by atoms with Crippen LogP contribution in [0, 0.1) is 20.8 Å². The molecule has 2 rings (SSSR count). The number of alkyl halides is 1. The van der Waals surface area contributed by atoms with Crippen molar-refractivity contribution in [1.82, 2.24) is 0 Å². The van der Waals surface area contributed by atoms with E-state index in [9.17, 15) is 0 Å². The first kappa shape index (κ1) is 10.0. The highest BCUT2D eigenvalue weighted by molar-refractivity contribution is 6.25. The zero-order chi connectivity index (χ0) is 10.3. The highest BCUT2D eigenvalue weighted by atomic mass is 35.5. The van der Waals surface area contributed by atoms with Crippen LogP contribution in [0.2, 0.25) is 0 Å². The molecular weight excluding hydrogens is 196 g/mol. The van der Waals surface area contributed by atoms with Crippen molar-refractivity contribution in [1.29, 1.82) is 0 Å². The molecule has 2 heteroatoms. The fourth-order valence-corrected chi connectivity index (χ4v) is 2.24. The van der Waals surface area contributed by atoms with Gasteiger partial charge in [-0.1, -0.05) is 12.1 Å². The Morgan fingerprint density at radius 2 is 1.79 bits per heavy atom. The number of ether oxygens (including phenoxy) is 1. The second-order valence-electron chi connectivity index (χ2n) is 4.14. The van der Waals surface area contributed by atoms with Crippen molar-refractivity contribution in [3.8, 4) is 0 Å². The predicted octanol–water partition coefficient (Wildman–Crippen LogP) is 3.08. The minimum atomic E-state index is -0.261. The number of aryl methyl sites for hydroxylation is 1. The van der Waals surface area contributed by atoms with E-state index in [2.05, 4.69) is 32.9 Å². The molecule has 76 valence electrons. The van der Waals surface area contributed by atoms with Crippen LogP contribution in [0.15, 0.2) is 12.1 Å². The third-order valence-corrected chi connectivity index (χ3v) is 3.62. The van der Waals surface area contributed by atoms with Crippen LogP contribution in [0.25, 0.3) is 0 Å². The van der Waals surface area contributed by atoms with Crippen molar-refractivity contribution in [2.24, 2.45) is 0 Å². The smallest absolute Gasteiger partial charge is 0.116 e. The number of rotatable bonds is 1. The van der Waals surface area contributed by atoms with Crippen molar-refractivity contribution in [3.63, 3.8) is 0 Å². The average molecular weight is 211 g/mol. The highest BCUT2D eigenvalue weighted by Gasteiger charge is 2.39. The maximum absolute atomic E-state index is 6.44.